The van der Waals surface area contributed by atoms with E-state index >= 15 is 0 Å². The second-order valence-electron chi connectivity index (χ2n) is 7.30. The lowest BCUT2D eigenvalue weighted by atomic mass is 9.93. The Kier molecular flexibility index (Phi) is 5.22. The van der Waals surface area contributed by atoms with Crippen LogP contribution in [-0.4, -0.2) is 10.6 Å². The average Bonchev–Trinajstić information content (AvgIpc) is 3.31. The van der Waals surface area contributed by atoms with Gasteiger partial charge in [-0.15, -0.1) is 11.3 Å². The first-order chi connectivity index (χ1) is 13.5. The summed E-state index contributed by atoms with van der Waals surface area (Å²) in [5.41, 5.74) is 3.58. The van der Waals surface area contributed by atoms with E-state index in [2.05, 4.69) is 15.2 Å². The van der Waals surface area contributed by atoms with Crippen molar-refractivity contribution < 1.29 is 9.18 Å². The van der Waals surface area contributed by atoms with Gasteiger partial charge in [0.15, 0.2) is 0 Å². The molecule has 0 saturated carbocycles. The predicted octanol–water partition coefficient (Wildman–Crippen LogP) is 5.75. The van der Waals surface area contributed by atoms with Crippen molar-refractivity contribution in [1.29, 1.82) is 0 Å². The van der Waals surface area contributed by atoms with Crippen molar-refractivity contribution in [3.8, 4) is 5.00 Å². The molecule has 28 heavy (non-hydrogen) atoms. The van der Waals surface area contributed by atoms with Crippen LogP contribution >= 0.6 is 11.3 Å². The summed E-state index contributed by atoms with van der Waals surface area (Å²) >= 11 is 1.82. The molecule has 0 radical (unpaired) electrons. The van der Waals surface area contributed by atoms with Gasteiger partial charge in [0.05, 0.1) is 6.04 Å². The Balaban J connectivity index is 1.57. The van der Waals surface area contributed by atoms with Gasteiger partial charge < -0.3 is 15.2 Å². The van der Waals surface area contributed by atoms with Crippen LogP contribution in [0.1, 0.15) is 47.4 Å². The van der Waals surface area contributed by atoms with E-state index < -0.39 is 0 Å². The Morgan fingerprint density at radius 1 is 1.21 bits per heavy atom. The van der Waals surface area contributed by atoms with E-state index in [0.29, 0.717) is 11.3 Å². The van der Waals surface area contributed by atoms with E-state index in [1.54, 1.807) is 19.1 Å². The summed E-state index contributed by atoms with van der Waals surface area (Å²) in [6.07, 6.45) is 8.66. The third-order valence-electron chi connectivity index (χ3n) is 5.24. The third kappa shape index (κ3) is 3.69. The number of nitrogens with one attached hydrogen (secondary N) is 2. The SMILES string of the molecule is Cc1ccc(NC(=O)N[C@H](C)c2c(-n3cccc3)sc3c2CCCC3)cc1F. The minimum atomic E-state index is -0.329. The number of hydrogen-bond acceptors (Lipinski definition) is 2. The van der Waals surface area contributed by atoms with Crippen molar-refractivity contribution in [2.24, 2.45) is 0 Å². The number of urea groups is 1. The van der Waals surface area contributed by atoms with Crippen LogP contribution in [0.2, 0.25) is 0 Å². The number of hydrogen-bond donors (Lipinski definition) is 2. The fourth-order valence-corrected chi connectivity index (χ4v) is 5.24. The van der Waals surface area contributed by atoms with E-state index in [-0.39, 0.29) is 17.9 Å². The van der Waals surface area contributed by atoms with Crippen molar-refractivity contribution in [3.63, 3.8) is 0 Å². The van der Waals surface area contributed by atoms with E-state index in [1.165, 1.54) is 39.9 Å². The number of carbonyl (C=O) groups is 1. The molecule has 4 rings (SSSR count). The molecule has 0 saturated heterocycles. The maximum absolute atomic E-state index is 13.7. The highest BCUT2D eigenvalue weighted by Gasteiger charge is 2.26. The highest BCUT2D eigenvalue weighted by Crippen LogP contribution is 2.40. The average molecular weight is 398 g/mol. The molecular weight excluding hydrogens is 373 g/mol. The second-order valence-corrected chi connectivity index (χ2v) is 8.39. The molecule has 2 heterocycles. The molecule has 146 valence electrons. The molecule has 4 nitrogen and oxygen atoms in total. The summed E-state index contributed by atoms with van der Waals surface area (Å²) in [6.45, 7) is 3.71. The number of thiophene rings is 1. The van der Waals surface area contributed by atoms with Crippen LogP contribution in [0, 0.1) is 12.7 Å². The summed E-state index contributed by atoms with van der Waals surface area (Å²) in [6, 6.07) is 8.26. The van der Waals surface area contributed by atoms with Crippen LogP contribution in [0.3, 0.4) is 0 Å². The molecule has 0 spiro atoms. The zero-order valence-electron chi connectivity index (χ0n) is 16.1. The zero-order chi connectivity index (χ0) is 19.7. The molecule has 0 fully saturated rings. The van der Waals surface area contributed by atoms with Crippen LogP contribution in [0.5, 0.6) is 0 Å². The summed E-state index contributed by atoms with van der Waals surface area (Å²) in [5.74, 6) is -0.326. The van der Waals surface area contributed by atoms with Crippen molar-refractivity contribution in [2.75, 3.05) is 5.32 Å². The number of benzene rings is 1. The normalized spacial score (nSPS) is 14.4. The summed E-state index contributed by atoms with van der Waals surface area (Å²) < 4.78 is 15.9. The number of amides is 2. The summed E-state index contributed by atoms with van der Waals surface area (Å²) in [7, 11) is 0. The number of rotatable bonds is 4. The van der Waals surface area contributed by atoms with E-state index in [1.807, 2.05) is 42.8 Å². The number of carbonyl (C=O) groups excluding carboxylic acids is 1. The standard InChI is InChI=1S/C22H24FN3OS/c1-14-9-10-16(13-18(14)23)25-22(27)24-15(2)20-17-7-3-4-8-19(17)28-21(20)26-11-5-6-12-26/h5-6,9-13,15H,3-4,7-8H2,1-2H3,(H2,24,25,27)/t15-/m1/s1. The first kappa shape index (κ1) is 18.7. The van der Waals surface area contributed by atoms with Gasteiger partial charge in [-0.2, -0.15) is 0 Å². The topological polar surface area (TPSA) is 46.1 Å². The first-order valence-corrected chi connectivity index (χ1v) is 10.5. The highest BCUT2D eigenvalue weighted by atomic mass is 32.1. The number of anilines is 1. The molecule has 1 aromatic carbocycles. The Morgan fingerprint density at radius 3 is 2.71 bits per heavy atom. The molecule has 2 N–H and O–H groups in total. The molecule has 1 aliphatic carbocycles. The lowest BCUT2D eigenvalue weighted by Crippen LogP contribution is -2.32. The minimum Gasteiger partial charge on any atom is -0.331 e. The predicted molar refractivity (Wildman–Crippen MR) is 112 cm³/mol. The van der Waals surface area contributed by atoms with Crippen molar-refractivity contribution in [1.82, 2.24) is 9.88 Å². The summed E-state index contributed by atoms with van der Waals surface area (Å²) in [4.78, 5) is 14.0. The maximum atomic E-state index is 13.7. The quantitative estimate of drug-likeness (QED) is 0.579. The molecule has 2 amide bonds. The molecule has 0 unspecified atom stereocenters. The van der Waals surface area contributed by atoms with Crippen molar-refractivity contribution in [3.05, 3.63) is 70.1 Å². The minimum absolute atomic E-state index is 0.147. The molecule has 3 aromatic rings. The van der Waals surface area contributed by atoms with Gasteiger partial charge in [-0.25, -0.2) is 9.18 Å². The smallest absolute Gasteiger partial charge is 0.319 e. The van der Waals surface area contributed by atoms with Gasteiger partial charge >= 0.3 is 6.03 Å². The monoisotopic (exact) mass is 397 g/mol. The Labute approximate surface area is 168 Å². The van der Waals surface area contributed by atoms with Crippen LogP contribution < -0.4 is 10.6 Å². The molecule has 1 aliphatic rings. The van der Waals surface area contributed by atoms with Crippen LogP contribution in [0.15, 0.2) is 42.7 Å². The Bertz CT molecular complexity index is 994. The van der Waals surface area contributed by atoms with Gasteiger partial charge in [0, 0.05) is 28.5 Å². The Hall–Kier alpha value is -2.60. The number of fused-ring (bicyclic) bond motifs is 1. The fraction of sp³-hybridized carbons (Fsp3) is 0.318. The highest BCUT2D eigenvalue weighted by molar-refractivity contribution is 7.15. The van der Waals surface area contributed by atoms with Crippen LogP contribution in [-0.2, 0) is 12.8 Å². The number of aryl methyl sites for hydroxylation is 2. The van der Waals surface area contributed by atoms with Gasteiger partial charge in [0.2, 0.25) is 0 Å². The molecule has 0 bridgehead atoms. The van der Waals surface area contributed by atoms with Crippen LogP contribution in [0.25, 0.3) is 5.00 Å². The number of nitrogens with zero attached hydrogens (tertiary/aromatic N) is 1. The molecule has 1 atom stereocenters. The van der Waals surface area contributed by atoms with E-state index in [4.69, 9.17) is 0 Å². The van der Waals surface area contributed by atoms with E-state index in [9.17, 15) is 9.18 Å². The molecule has 0 aliphatic heterocycles. The zero-order valence-corrected chi connectivity index (χ0v) is 16.9. The third-order valence-corrected chi connectivity index (χ3v) is 6.56. The maximum Gasteiger partial charge on any atom is 0.319 e. The largest absolute Gasteiger partial charge is 0.331 e. The lowest BCUT2D eigenvalue weighted by Gasteiger charge is -2.20. The number of halogens is 1. The number of aromatic nitrogens is 1. The molecule has 2 aromatic heterocycles. The molecular formula is C22H24FN3OS. The van der Waals surface area contributed by atoms with Gasteiger partial charge in [-0.1, -0.05) is 6.07 Å². The lowest BCUT2D eigenvalue weighted by molar-refractivity contribution is 0.249. The Morgan fingerprint density at radius 2 is 1.96 bits per heavy atom. The van der Waals surface area contributed by atoms with Gasteiger partial charge in [0.1, 0.15) is 10.8 Å². The van der Waals surface area contributed by atoms with Gasteiger partial charge in [-0.3, -0.25) is 0 Å². The van der Waals surface area contributed by atoms with Crippen molar-refractivity contribution >= 4 is 23.1 Å². The molecule has 6 heteroatoms. The fourth-order valence-electron chi connectivity index (χ4n) is 3.79. The van der Waals surface area contributed by atoms with E-state index in [0.717, 1.165) is 12.8 Å². The van der Waals surface area contributed by atoms with Crippen LogP contribution in [0.4, 0.5) is 14.9 Å². The summed E-state index contributed by atoms with van der Waals surface area (Å²) in [5, 5.41) is 6.95. The van der Waals surface area contributed by atoms with Gasteiger partial charge in [0.25, 0.3) is 0 Å². The van der Waals surface area contributed by atoms with Crippen molar-refractivity contribution in [2.45, 2.75) is 45.6 Å². The second kappa shape index (κ2) is 7.80. The first-order valence-electron chi connectivity index (χ1n) is 9.64. The van der Waals surface area contributed by atoms with Gasteiger partial charge in [-0.05, 0) is 74.9 Å².